The Morgan fingerprint density at radius 2 is 1.89 bits per heavy atom. The van der Waals surface area contributed by atoms with Gasteiger partial charge in [-0.3, -0.25) is 14.0 Å². The molecule has 6 nitrogen and oxygen atoms in total. The molecule has 0 bridgehead atoms. The van der Waals surface area contributed by atoms with E-state index in [0.29, 0.717) is 11.3 Å². The van der Waals surface area contributed by atoms with Crippen molar-refractivity contribution >= 4 is 34.8 Å². The van der Waals surface area contributed by atoms with Crippen LogP contribution < -0.4 is 5.32 Å². The Morgan fingerprint density at radius 3 is 2.59 bits per heavy atom. The number of pyridine rings is 1. The number of halogens is 3. The van der Waals surface area contributed by atoms with Crippen LogP contribution in [-0.4, -0.2) is 32.0 Å². The number of nitrogens with zero attached hydrogens (tertiary/aromatic N) is 3. The number of Topliss-reactive ketones (excluding diaryl/α,β-unsaturated/α-hetero) is 1. The maximum Gasteiger partial charge on any atom is 0.417 e. The van der Waals surface area contributed by atoms with Gasteiger partial charge >= 0.3 is 6.18 Å². The molecule has 1 aromatic carbocycles. The highest BCUT2D eigenvalue weighted by Crippen LogP contribution is 2.30. The average molecular weight is 394 g/mol. The van der Waals surface area contributed by atoms with Gasteiger partial charge in [-0.05, 0) is 31.2 Å². The number of alkyl halides is 3. The number of thioether (sulfide) groups is 1. The summed E-state index contributed by atoms with van der Waals surface area (Å²) in [5.41, 5.74) is 0.156. The second kappa shape index (κ2) is 7.39. The van der Waals surface area contributed by atoms with Crippen molar-refractivity contribution in [2.75, 3.05) is 11.1 Å². The average Bonchev–Trinajstić information content (AvgIpc) is 3.02. The molecule has 0 aliphatic heterocycles. The second-order valence-corrected chi connectivity index (χ2v) is 6.51. The van der Waals surface area contributed by atoms with Gasteiger partial charge in [0.2, 0.25) is 5.91 Å². The summed E-state index contributed by atoms with van der Waals surface area (Å²) in [4.78, 5) is 23.7. The van der Waals surface area contributed by atoms with Crippen molar-refractivity contribution in [1.82, 2.24) is 14.6 Å². The number of aromatic nitrogens is 3. The minimum Gasteiger partial charge on any atom is -0.325 e. The number of rotatable bonds is 5. The lowest BCUT2D eigenvalue weighted by Gasteiger charge is -2.09. The zero-order chi connectivity index (χ0) is 19.6. The van der Waals surface area contributed by atoms with Gasteiger partial charge in [-0.1, -0.05) is 23.9 Å². The van der Waals surface area contributed by atoms with Crippen molar-refractivity contribution in [1.29, 1.82) is 0 Å². The molecule has 0 fully saturated rings. The Bertz CT molecular complexity index is 1020. The zero-order valence-corrected chi connectivity index (χ0v) is 14.8. The van der Waals surface area contributed by atoms with Gasteiger partial charge in [0.15, 0.2) is 16.6 Å². The van der Waals surface area contributed by atoms with Crippen LogP contribution in [0.2, 0.25) is 0 Å². The maximum absolute atomic E-state index is 12.9. The molecule has 0 unspecified atom stereocenters. The largest absolute Gasteiger partial charge is 0.417 e. The van der Waals surface area contributed by atoms with Crippen LogP contribution in [0.3, 0.4) is 0 Å². The third kappa shape index (κ3) is 4.27. The summed E-state index contributed by atoms with van der Waals surface area (Å²) < 4.78 is 39.8. The monoisotopic (exact) mass is 394 g/mol. The lowest BCUT2D eigenvalue weighted by atomic mass is 10.1. The Hall–Kier alpha value is -2.88. The molecular weight excluding hydrogens is 381 g/mol. The molecule has 140 valence electrons. The number of para-hydroxylation sites is 1. The summed E-state index contributed by atoms with van der Waals surface area (Å²) in [5.74, 6) is -0.720. The molecule has 10 heteroatoms. The highest BCUT2D eigenvalue weighted by molar-refractivity contribution is 7.99. The van der Waals surface area contributed by atoms with E-state index >= 15 is 0 Å². The topological polar surface area (TPSA) is 76.4 Å². The molecule has 0 radical (unpaired) electrons. The molecule has 27 heavy (non-hydrogen) atoms. The molecule has 3 rings (SSSR count). The number of anilines is 1. The van der Waals surface area contributed by atoms with Crippen molar-refractivity contribution in [3.63, 3.8) is 0 Å². The van der Waals surface area contributed by atoms with Crippen molar-refractivity contribution in [3.8, 4) is 0 Å². The van der Waals surface area contributed by atoms with E-state index in [0.717, 1.165) is 24.0 Å². The number of benzene rings is 1. The molecular formula is C17H13F3N4O2S. The SMILES string of the molecule is CC(=O)c1ccccc1NC(=O)CSc1nnc2ccc(C(F)(F)F)cn12. The molecule has 2 heterocycles. The van der Waals surface area contributed by atoms with Crippen LogP contribution in [0.4, 0.5) is 18.9 Å². The first-order chi connectivity index (χ1) is 12.8. The predicted molar refractivity (Wildman–Crippen MR) is 93.8 cm³/mol. The maximum atomic E-state index is 12.9. The molecule has 2 aromatic heterocycles. The van der Waals surface area contributed by atoms with E-state index in [2.05, 4.69) is 15.5 Å². The first-order valence-corrected chi connectivity index (χ1v) is 8.69. The molecule has 0 atom stereocenters. The van der Waals surface area contributed by atoms with Crippen LogP contribution in [0.25, 0.3) is 5.65 Å². The van der Waals surface area contributed by atoms with Crippen LogP contribution in [0, 0.1) is 0 Å². The van der Waals surface area contributed by atoms with E-state index in [1.54, 1.807) is 24.3 Å². The molecule has 0 saturated carbocycles. The van der Waals surface area contributed by atoms with Crippen molar-refractivity contribution < 1.29 is 22.8 Å². The molecule has 0 aliphatic rings. The fraction of sp³-hybridized carbons (Fsp3) is 0.176. The highest BCUT2D eigenvalue weighted by Gasteiger charge is 2.31. The second-order valence-electron chi connectivity index (χ2n) is 5.56. The fourth-order valence-corrected chi connectivity index (χ4v) is 3.07. The van der Waals surface area contributed by atoms with Gasteiger partial charge in [0.05, 0.1) is 17.0 Å². The van der Waals surface area contributed by atoms with Gasteiger partial charge in [-0.2, -0.15) is 13.2 Å². The summed E-state index contributed by atoms with van der Waals surface area (Å²) in [6.07, 6.45) is -3.60. The Balaban J connectivity index is 1.73. The zero-order valence-electron chi connectivity index (χ0n) is 13.9. The minimum atomic E-state index is -4.49. The molecule has 1 N–H and O–H groups in total. The quantitative estimate of drug-likeness (QED) is 0.528. The Labute approximate surface area is 155 Å². The van der Waals surface area contributed by atoms with Crippen LogP contribution in [0.1, 0.15) is 22.8 Å². The summed E-state index contributed by atoms with van der Waals surface area (Å²) >= 11 is 0.943. The normalized spacial score (nSPS) is 11.6. The van der Waals surface area contributed by atoms with Gasteiger partial charge in [0, 0.05) is 11.8 Å². The lowest BCUT2D eigenvalue weighted by molar-refractivity contribution is -0.137. The molecule has 0 aliphatic carbocycles. The van der Waals surface area contributed by atoms with E-state index in [9.17, 15) is 22.8 Å². The molecule has 3 aromatic rings. The predicted octanol–water partition coefficient (Wildman–Crippen LogP) is 3.68. The van der Waals surface area contributed by atoms with Crippen LogP contribution in [0.5, 0.6) is 0 Å². The number of ketones is 1. The molecule has 0 spiro atoms. The fourth-order valence-electron chi connectivity index (χ4n) is 2.35. The van der Waals surface area contributed by atoms with E-state index in [1.807, 2.05) is 0 Å². The highest BCUT2D eigenvalue weighted by atomic mass is 32.2. The van der Waals surface area contributed by atoms with Gasteiger partial charge in [-0.25, -0.2) is 0 Å². The van der Waals surface area contributed by atoms with E-state index < -0.39 is 17.6 Å². The Morgan fingerprint density at radius 1 is 1.15 bits per heavy atom. The van der Waals surface area contributed by atoms with Crippen molar-refractivity contribution in [2.45, 2.75) is 18.3 Å². The van der Waals surface area contributed by atoms with Gasteiger partial charge in [0.25, 0.3) is 0 Å². The lowest BCUT2D eigenvalue weighted by Crippen LogP contribution is -2.16. The van der Waals surface area contributed by atoms with Crippen LogP contribution in [-0.2, 0) is 11.0 Å². The first-order valence-electron chi connectivity index (χ1n) is 7.70. The van der Waals surface area contributed by atoms with Gasteiger partial charge < -0.3 is 5.32 Å². The summed E-state index contributed by atoms with van der Waals surface area (Å²) in [5, 5.41) is 10.4. The number of carbonyl (C=O) groups excluding carboxylic acids is 2. The first kappa shape index (κ1) is 18.9. The molecule has 1 amide bonds. The smallest absolute Gasteiger partial charge is 0.325 e. The van der Waals surface area contributed by atoms with Crippen LogP contribution >= 0.6 is 11.8 Å². The summed E-state index contributed by atoms with van der Waals surface area (Å²) in [6.45, 7) is 1.39. The van der Waals surface area contributed by atoms with E-state index in [4.69, 9.17) is 0 Å². The number of fused-ring (bicyclic) bond motifs is 1. The summed E-state index contributed by atoms with van der Waals surface area (Å²) in [7, 11) is 0. The molecule has 0 saturated heterocycles. The third-order valence-corrected chi connectivity index (χ3v) is 4.55. The van der Waals surface area contributed by atoms with Crippen LogP contribution in [0.15, 0.2) is 47.8 Å². The van der Waals surface area contributed by atoms with E-state index in [1.165, 1.54) is 17.4 Å². The minimum absolute atomic E-state index is 0.108. The number of nitrogens with one attached hydrogen (secondary N) is 1. The number of hydrogen-bond acceptors (Lipinski definition) is 5. The Kier molecular flexibility index (Phi) is 5.17. The van der Waals surface area contributed by atoms with Gasteiger partial charge in [0.1, 0.15) is 0 Å². The summed E-state index contributed by atoms with van der Waals surface area (Å²) in [6, 6.07) is 8.69. The third-order valence-electron chi connectivity index (χ3n) is 3.61. The van der Waals surface area contributed by atoms with Gasteiger partial charge in [-0.15, -0.1) is 10.2 Å². The van der Waals surface area contributed by atoms with Crippen molar-refractivity contribution in [2.24, 2.45) is 0 Å². The van der Waals surface area contributed by atoms with Crippen molar-refractivity contribution in [3.05, 3.63) is 53.7 Å². The standard InChI is InChI=1S/C17H13F3N4O2S/c1-10(25)12-4-2-3-5-13(12)21-15(26)9-27-16-23-22-14-7-6-11(8-24(14)16)17(18,19)20/h2-8H,9H2,1H3,(H,21,26). The number of carbonyl (C=O) groups is 2. The number of hydrogen-bond donors (Lipinski definition) is 1. The number of amides is 1. The van der Waals surface area contributed by atoms with E-state index in [-0.39, 0.29) is 22.3 Å².